The Morgan fingerprint density at radius 1 is 1.06 bits per heavy atom. The highest BCUT2D eigenvalue weighted by Crippen LogP contribution is 2.25. The number of nitrogens with one attached hydrogen (secondary N) is 1. The maximum absolute atomic E-state index is 13.6. The molecule has 0 bridgehead atoms. The molecule has 7 nitrogen and oxygen atoms in total. The lowest BCUT2D eigenvalue weighted by atomic mass is 9.94. The number of benzene rings is 1. The van der Waals surface area contributed by atoms with Crippen molar-refractivity contribution in [1.29, 1.82) is 0 Å². The second kappa shape index (κ2) is 10.9. The highest BCUT2D eigenvalue weighted by atomic mass is 32.1. The molecule has 0 aliphatic heterocycles. The lowest BCUT2D eigenvalue weighted by molar-refractivity contribution is -0.126. The van der Waals surface area contributed by atoms with Crippen LogP contribution in [0.3, 0.4) is 0 Å². The molecule has 3 aromatic rings. The third-order valence-electron chi connectivity index (χ3n) is 5.86. The minimum absolute atomic E-state index is 0.146. The number of rotatable bonds is 8. The van der Waals surface area contributed by atoms with Gasteiger partial charge in [0.2, 0.25) is 5.91 Å². The summed E-state index contributed by atoms with van der Waals surface area (Å²) in [7, 11) is 0. The first-order valence-corrected chi connectivity index (χ1v) is 11.9. The number of hydrogen-bond acceptors (Lipinski definition) is 6. The van der Waals surface area contributed by atoms with Gasteiger partial charge in [0.05, 0.1) is 0 Å². The topological polar surface area (TPSA) is 88.1 Å². The molecule has 1 unspecified atom stereocenters. The quantitative estimate of drug-likeness (QED) is 0.565. The first-order chi connectivity index (χ1) is 15.7. The molecule has 2 amide bonds. The van der Waals surface area contributed by atoms with Crippen LogP contribution in [0.4, 0.5) is 0 Å². The van der Waals surface area contributed by atoms with Gasteiger partial charge in [-0.3, -0.25) is 14.6 Å². The van der Waals surface area contributed by atoms with Crippen LogP contribution in [0.25, 0.3) is 0 Å². The standard InChI is InChI=1S/C24H27N5O2S/c30-23(26-20-9-5-2-6-10-20)22(19-11-14-25-15-12-19)29(24(31)21-17-32-28-27-21)16-13-18-7-3-1-4-8-18/h1,3-4,7-8,11-12,14-15,17,20,22H,2,5-6,9-10,13,16H2,(H,26,30). The molecule has 166 valence electrons. The summed E-state index contributed by atoms with van der Waals surface area (Å²) >= 11 is 1.13. The van der Waals surface area contributed by atoms with Gasteiger partial charge in [-0.05, 0) is 54.1 Å². The molecular weight excluding hydrogens is 422 g/mol. The summed E-state index contributed by atoms with van der Waals surface area (Å²) in [5.74, 6) is -0.456. The molecule has 0 radical (unpaired) electrons. The molecule has 2 aromatic heterocycles. The third kappa shape index (κ3) is 5.56. The Morgan fingerprint density at radius 2 is 1.81 bits per heavy atom. The van der Waals surface area contributed by atoms with Gasteiger partial charge in [-0.2, -0.15) is 0 Å². The monoisotopic (exact) mass is 449 g/mol. The van der Waals surface area contributed by atoms with Crippen molar-refractivity contribution in [2.24, 2.45) is 0 Å². The van der Waals surface area contributed by atoms with E-state index >= 15 is 0 Å². The highest BCUT2D eigenvalue weighted by molar-refractivity contribution is 7.03. The average molecular weight is 450 g/mol. The molecule has 1 saturated carbocycles. The van der Waals surface area contributed by atoms with Gasteiger partial charge in [-0.15, -0.1) is 5.10 Å². The van der Waals surface area contributed by atoms with Crippen molar-refractivity contribution in [3.8, 4) is 0 Å². The molecule has 32 heavy (non-hydrogen) atoms. The van der Waals surface area contributed by atoms with Gasteiger partial charge in [-0.1, -0.05) is 54.1 Å². The van der Waals surface area contributed by atoms with Crippen LogP contribution in [-0.4, -0.2) is 43.9 Å². The number of nitrogens with zero attached hydrogens (tertiary/aromatic N) is 4. The predicted molar refractivity (Wildman–Crippen MR) is 123 cm³/mol. The van der Waals surface area contributed by atoms with Gasteiger partial charge in [-0.25, -0.2) is 0 Å². The molecule has 8 heteroatoms. The molecule has 1 atom stereocenters. The van der Waals surface area contributed by atoms with Gasteiger partial charge in [0.15, 0.2) is 5.69 Å². The van der Waals surface area contributed by atoms with Crippen LogP contribution in [0.15, 0.2) is 60.2 Å². The lowest BCUT2D eigenvalue weighted by Gasteiger charge is -2.33. The summed E-state index contributed by atoms with van der Waals surface area (Å²) in [4.78, 5) is 32.8. The van der Waals surface area contributed by atoms with Gasteiger partial charge in [0.25, 0.3) is 5.91 Å². The van der Waals surface area contributed by atoms with Gasteiger partial charge in [0, 0.05) is 30.4 Å². The molecule has 1 aliphatic carbocycles. The maximum atomic E-state index is 13.6. The van der Waals surface area contributed by atoms with Crippen LogP contribution in [0.2, 0.25) is 0 Å². The van der Waals surface area contributed by atoms with E-state index in [4.69, 9.17) is 0 Å². The zero-order valence-electron chi connectivity index (χ0n) is 17.9. The van der Waals surface area contributed by atoms with Crippen LogP contribution in [0, 0.1) is 0 Å². The summed E-state index contributed by atoms with van der Waals surface area (Å²) in [5.41, 5.74) is 2.09. The summed E-state index contributed by atoms with van der Waals surface area (Å²) in [6.07, 6.45) is 9.33. The summed E-state index contributed by atoms with van der Waals surface area (Å²) in [6.45, 7) is 0.380. The van der Waals surface area contributed by atoms with Crippen LogP contribution >= 0.6 is 11.5 Å². The van der Waals surface area contributed by atoms with E-state index in [9.17, 15) is 9.59 Å². The van der Waals surface area contributed by atoms with Crippen molar-refractivity contribution in [1.82, 2.24) is 24.8 Å². The van der Waals surface area contributed by atoms with Crippen LogP contribution in [0.5, 0.6) is 0 Å². The summed E-state index contributed by atoms with van der Waals surface area (Å²) in [5, 5.41) is 8.81. The molecule has 1 fully saturated rings. The van der Waals surface area contributed by atoms with Crippen molar-refractivity contribution < 1.29 is 9.59 Å². The third-order valence-corrected chi connectivity index (χ3v) is 6.36. The number of carbonyl (C=O) groups is 2. The van der Waals surface area contributed by atoms with Gasteiger partial charge in [0.1, 0.15) is 6.04 Å². The second-order valence-corrected chi connectivity index (χ2v) is 8.66. The Labute approximate surface area is 192 Å². The number of amides is 2. The molecule has 2 heterocycles. The fraction of sp³-hybridized carbons (Fsp3) is 0.375. The normalized spacial score (nSPS) is 15.1. The Balaban J connectivity index is 1.64. The minimum atomic E-state index is -0.766. The summed E-state index contributed by atoms with van der Waals surface area (Å²) in [6, 6.07) is 12.9. The van der Waals surface area contributed by atoms with E-state index in [1.807, 2.05) is 30.3 Å². The van der Waals surface area contributed by atoms with E-state index in [1.165, 1.54) is 6.42 Å². The average Bonchev–Trinajstić information content (AvgIpc) is 3.38. The van der Waals surface area contributed by atoms with E-state index in [0.717, 1.165) is 48.3 Å². The Kier molecular flexibility index (Phi) is 7.55. The van der Waals surface area contributed by atoms with Gasteiger partial charge >= 0.3 is 0 Å². The van der Waals surface area contributed by atoms with Crippen molar-refractivity contribution in [2.45, 2.75) is 50.6 Å². The molecule has 4 rings (SSSR count). The molecule has 1 aliphatic rings. The number of carbonyl (C=O) groups excluding carboxylic acids is 2. The van der Waals surface area contributed by atoms with E-state index < -0.39 is 6.04 Å². The first-order valence-electron chi connectivity index (χ1n) is 11.0. The van der Waals surface area contributed by atoms with E-state index in [2.05, 4.69) is 19.9 Å². The highest BCUT2D eigenvalue weighted by Gasteiger charge is 2.34. The largest absolute Gasteiger partial charge is 0.351 e. The van der Waals surface area contributed by atoms with E-state index in [1.54, 1.807) is 34.8 Å². The van der Waals surface area contributed by atoms with E-state index in [-0.39, 0.29) is 23.6 Å². The van der Waals surface area contributed by atoms with Crippen molar-refractivity contribution in [3.05, 3.63) is 77.1 Å². The smallest absolute Gasteiger partial charge is 0.276 e. The van der Waals surface area contributed by atoms with E-state index in [0.29, 0.717) is 13.0 Å². The Morgan fingerprint density at radius 3 is 2.50 bits per heavy atom. The molecule has 1 aromatic carbocycles. The molecule has 0 saturated heterocycles. The van der Waals surface area contributed by atoms with Gasteiger partial charge < -0.3 is 10.2 Å². The second-order valence-electron chi connectivity index (χ2n) is 8.05. The SMILES string of the molecule is O=C(NC1CCCCC1)C(c1ccncc1)N(CCc1ccccc1)C(=O)c1csnn1. The maximum Gasteiger partial charge on any atom is 0.276 e. The Bertz CT molecular complexity index is 992. The lowest BCUT2D eigenvalue weighted by Crippen LogP contribution is -2.47. The number of aromatic nitrogens is 3. The zero-order chi connectivity index (χ0) is 22.2. The fourth-order valence-corrected chi connectivity index (χ4v) is 4.62. The first kappa shape index (κ1) is 22.1. The van der Waals surface area contributed by atoms with Crippen LogP contribution in [-0.2, 0) is 11.2 Å². The minimum Gasteiger partial charge on any atom is -0.351 e. The van der Waals surface area contributed by atoms with Crippen LogP contribution < -0.4 is 5.32 Å². The van der Waals surface area contributed by atoms with Crippen molar-refractivity contribution in [3.63, 3.8) is 0 Å². The Hall–Kier alpha value is -3.13. The number of pyridine rings is 1. The zero-order valence-corrected chi connectivity index (χ0v) is 18.7. The molecular formula is C24H27N5O2S. The van der Waals surface area contributed by atoms with Crippen molar-refractivity contribution >= 4 is 23.3 Å². The predicted octanol–water partition coefficient (Wildman–Crippen LogP) is 3.81. The molecule has 0 spiro atoms. The van der Waals surface area contributed by atoms with Crippen LogP contribution in [0.1, 0.15) is 59.8 Å². The summed E-state index contributed by atoms with van der Waals surface area (Å²) < 4.78 is 3.85. The fourth-order valence-electron chi connectivity index (χ4n) is 4.19. The molecule has 1 N–H and O–H groups in total. The van der Waals surface area contributed by atoms with Crippen molar-refractivity contribution in [2.75, 3.05) is 6.54 Å². The number of hydrogen-bond donors (Lipinski definition) is 1.